The molecule has 2 heterocycles. The second-order valence-electron chi connectivity index (χ2n) is 15.8. The molecule has 1 saturated carbocycles. The minimum atomic E-state index is 0.166. The molecule has 9 aliphatic rings. The van der Waals surface area contributed by atoms with Crippen LogP contribution >= 0.6 is 0 Å². The highest BCUT2D eigenvalue weighted by Gasteiger charge is 2.54. The molecular formula is C42H52N4. The first-order chi connectivity index (χ1) is 22.6. The molecule has 0 amide bonds. The first kappa shape index (κ1) is 29.2. The van der Waals surface area contributed by atoms with Crippen LogP contribution in [-0.4, -0.2) is 35.5 Å². The van der Waals surface area contributed by atoms with Crippen molar-refractivity contribution in [2.24, 2.45) is 29.1 Å². The van der Waals surface area contributed by atoms with Gasteiger partial charge < -0.3 is 4.90 Å². The van der Waals surface area contributed by atoms with Crippen LogP contribution in [-0.2, 0) is 0 Å². The van der Waals surface area contributed by atoms with Crippen molar-refractivity contribution >= 4 is 0 Å². The Labute approximate surface area is 276 Å². The van der Waals surface area contributed by atoms with Crippen LogP contribution in [0, 0.1) is 29.1 Å². The van der Waals surface area contributed by atoms with Crippen LogP contribution in [0.5, 0.6) is 0 Å². The molecule has 7 aliphatic carbocycles. The second-order valence-corrected chi connectivity index (χ2v) is 15.8. The van der Waals surface area contributed by atoms with Crippen LogP contribution in [0.3, 0.4) is 0 Å². The van der Waals surface area contributed by atoms with Gasteiger partial charge in [-0.2, -0.15) is 0 Å². The summed E-state index contributed by atoms with van der Waals surface area (Å²) in [6.45, 7) is 5.08. The van der Waals surface area contributed by atoms with Gasteiger partial charge in [0.15, 0.2) is 0 Å². The zero-order chi connectivity index (χ0) is 30.8. The van der Waals surface area contributed by atoms with Crippen molar-refractivity contribution in [2.45, 2.75) is 109 Å². The Bertz CT molecular complexity index is 1530. The molecule has 3 N–H and O–H groups in total. The van der Waals surface area contributed by atoms with Gasteiger partial charge in [-0.15, -0.1) is 0 Å². The SMILES string of the molecule is CC1(C)C2=C[C@@H]3C4CCC=CC4N(C4=CC=C(C5NC(C6=CC=CCC6)NC(C6=CC=CCC6)N5)CC4)C3C=C2C2C=CCCC21. The summed E-state index contributed by atoms with van der Waals surface area (Å²) in [5.74, 6) is 2.69. The van der Waals surface area contributed by atoms with Gasteiger partial charge in [0.1, 0.15) is 0 Å². The number of nitrogens with zero attached hydrogens (tertiary/aromatic N) is 1. The lowest BCUT2D eigenvalue weighted by atomic mass is 9.71. The molecule has 0 aromatic carbocycles. The van der Waals surface area contributed by atoms with Gasteiger partial charge in [-0.1, -0.05) is 92.8 Å². The number of nitrogens with one attached hydrogen (secondary N) is 3. The van der Waals surface area contributed by atoms with Crippen LogP contribution in [0.1, 0.15) is 78.1 Å². The third-order valence-electron chi connectivity index (χ3n) is 13.1. The van der Waals surface area contributed by atoms with E-state index < -0.39 is 0 Å². The minimum absolute atomic E-state index is 0.166. The fourth-order valence-corrected chi connectivity index (χ4v) is 10.7. The Balaban J connectivity index is 1.02. The van der Waals surface area contributed by atoms with Gasteiger partial charge in [0.25, 0.3) is 0 Å². The number of hydrogen-bond acceptors (Lipinski definition) is 4. The highest BCUT2D eigenvalue weighted by Crippen LogP contribution is 2.61. The average Bonchev–Trinajstić information content (AvgIpc) is 3.56. The number of likely N-dealkylation sites (tertiary alicyclic amines) is 1. The molecule has 8 atom stereocenters. The van der Waals surface area contributed by atoms with Crippen LogP contribution in [0.2, 0.25) is 0 Å². The van der Waals surface area contributed by atoms with E-state index in [2.05, 4.69) is 120 Å². The summed E-state index contributed by atoms with van der Waals surface area (Å²) < 4.78 is 0. The van der Waals surface area contributed by atoms with E-state index in [4.69, 9.17) is 0 Å². The molecule has 2 aliphatic heterocycles. The van der Waals surface area contributed by atoms with Gasteiger partial charge in [-0.3, -0.25) is 16.0 Å². The van der Waals surface area contributed by atoms with Crippen molar-refractivity contribution in [1.82, 2.24) is 20.9 Å². The van der Waals surface area contributed by atoms with E-state index in [-0.39, 0.29) is 23.9 Å². The minimum Gasteiger partial charge on any atom is -0.361 e. The first-order valence-corrected chi connectivity index (χ1v) is 18.5. The van der Waals surface area contributed by atoms with Gasteiger partial charge in [0.2, 0.25) is 0 Å². The van der Waals surface area contributed by atoms with Gasteiger partial charge >= 0.3 is 0 Å². The Kier molecular flexibility index (Phi) is 7.40. The van der Waals surface area contributed by atoms with Crippen LogP contribution in [0.4, 0.5) is 0 Å². The van der Waals surface area contributed by atoms with E-state index in [1.165, 1.54) is 42.4 Å². The number of fused-ring (bicyclic) bond motifs is 6. The summed E-state index contributed by atoms with van der Waals surface area (Å²) in [5.41, 5.74) is 9.60. The first-order valence-electron chi connectivity index (χ1n) is 18.5. The lowest BCUT2D eigenvalue weighted by Gasteiger charge is -2.43. The molecule has 0 radical (unpaired) electrons. The fourth-order valence-electron chi connectivity index (χ4n) is 10.7. The molecule has 0 bridgehead atoms. The molecule has 7 unspecified atom stereocenters. The highest BCUT2D eigenvalue weighted by atomic mass is 15.4. The number of allylic oxidation sites excluding steroid dienone is 14. The molecule has 3 fully saturated rings. The molecule has 4 nitrogen and oxygen atoms in total. The van der Waals surface area contributed by atoms with Gasteiger partial charge in [0, 0.05) is 17.5 Å². The third-order valence-corrected chi connectivity index (χ3v) is 13.1. The monoisotopic (exact) mass is 612 g/mol. The van der Waals surface area contributed by atoms with Gasteiger partial charge in [-0.25, -0.2) is 0 Å². The zero-order valence-corrected chi connectivity index (χ0v) is 27.8. The van der Waals surface area contributed by atoms with Gasteiger partial charge in [0.05, 0.1) is 30.6 Å². The quantitative estimate of drug-likeness (QED) is 0.281. The summed E-state index contributed by atoms with van der Waals surface area (Å²) in [6, 6.07) is 0.990. The number of hydrogen-bond donors (Lipinski definition) is 3. The molecular weight excluding hydrogens is 560 g/mol. The van der Waals surface area contributed by atoms with Crippen molar-refractivity contribution in [2.75, 3.05) is 0 Å². The van der Waals surface area contributed by atoms with E-state index in [0.29, 0.717) is 29.8 Å². The van der Waals surface area contributed by atoms with E-state index in [0.717, 1.165) is 44.4 Å². The molecule has 0 spiro atoms. The molecule has 46 heavy (non-hydrogen) atoms. The van der Waals surface area contributed by atoms with Crippen molar-refractivity contribution in [3.63, 3.8) is 0 Å². The molecule has 4 heteroatoms. The number of rotatable bonds is 4. The standard InChI is InChI=1S/C42H52N4/c1-42(2)35-19-11-9-17-31(35)33-26-38-34(25-36(33)42)32-18-10-12-20-37(32)46(38)30-23-21-29(22-24-30)41-44-39(27-13-5-3-6-14-27)43-40(45-41)28-15-7-4-8-16-28/h3-5,7,9,12-13,15,17,20-21,23,25-26,31-32,34-35,37-41,43-45H,6,8,10-11,14,16,18-19,22,24H2,1-2H3/t31?,32?,34-,35?,37?,38?,39?,40?,41?/m1/s1. The lowest BCUT2D eigenvalue weighted by Crippen LogP contribution is -2.68. The van der Waals surface area contributed by atoms with Crippen molar-refractivity contribution in [3.05, 3.63) is 119 Å². The molecule has 2 saturated heterocycles. The lowest BCUT2D eigenvalue weighted by molar-refractivity contribution is 0.247. The normalized spacial score (nSPS) is 40.5. The summed E-state index contributed by atoms with van der Waals surface area (Å²) >= 11 is 0. The third kappa shape index (κ3) is 4.81. The van der Waals surface area contributed by atoms with Crippen molar-refractivity contribution in [3.8, 4) is 0 Å². The predicted molar refractivity (Wildman–Crippen MR) is 189 cm³/mol. The Morgan fingerprint density at radius 3 is 1.98 bits per heavy atom. The summed E-state index contributed by atoms with van der Waals surface area (Å²) in [6.07, 6.45) is 46.6. The Morgan fingerprint density at radius 1 is 0.652 bits per heavy atom. The Morgan fingerprint density at radius 2 is 1.33 bits per heavy atom. The molecule has 0 aromatic rings. The van der Waals surface area contributed by atoms with Crippen LogP contribution in [0.15, 0.2) is 119 Å². The molecule has 9 rings (SSSR count). The second kappa shape index (κ2) is 11.6. The average molecular weight is 613 g/mol. The fraction of sp³-hybridized carbons (Fsp3) is 0.524. The van der Waals surface area contributed by atoms with E-state index in [9.17, 15) is 0 Å². The maximum absolute atomic E-state index is 3.98. The summed E-state index contributed by atoms with van der Waals surface area (Å²) in [4.78, 5) is 2.87. The van der Waals surface area contributed by atoms with E-state index >= 15 is 0 Å². The maximum Gasteiger partial charge on any atom is 0.0826 e. The van der Waals surface area contributed by atoms with Crippen LogP contribution < -0.4 is 16.0 Å². The zero-order valence-electron chi connectivity index (χ0n) is 27.8. The topological polar surface area (TPSA) is 39.3 Å². The summed E-state index contributed by atoms with van der Waals surface area (Å²) in [7, 11) is 0. The summed E-state index contributed by atoms with van der Waals surface area (Å²) in [5, 5.41) is 11.9. The smallest absolute Gasteiger partial charge is 0.0826 e. The van der Waals surface area contributed by atoms with Gasteiger partial charge in [-0.05, 0) is 115 Å². The van der Waals surface area contributed by atoms with E-state index in [1.54, 1.807) is 16.8 Å². The van der Waals surface area contributed by atoms with E-state index in [1.807, 2.05) is 0 Å². The Hall–Kier alpha value is -2.92. The van der Waals surface area contributed by atoms with Crippen LogP contribution in [0.25, 0.3) is 0 Å². The maximum atomic E-state index is 3.98. The highest BCUT2D eigenvalue weighted by molar-refractivity contribution is 5.52. The van der Waals surface area contributed by atoms with Crippen molar-refractivity contribution in [1.29, 1.82) is 0 Å². The molecule has 240 valence electrons. The molecule has 0 aromatic heterocycles. The predicted octanol–water partition coefficient (Wildman–Crippen LogP) is 8.03. The van der Waals surface area contributed by atoms with Crippen molar-refractivity contribution < 1.29 is 0 Å². The largest absolute Gasteiger partial charge is 0.361 e.